The van der Waals surface area contributed by atoms with Gasteiger partial charge in [0.25, 0.3) is 5.91 Å². The second kappa shape index (κ2) is 12.2. The van der Waals surface area contributed by atoms with Crippen LogP contribution in [-0.2, 0) is 14.4 Å². The Morgan fingerprint density at radius 3 is 2.34 bits per heavy atom. The number of methoxy groups -OCH3 is 1. The van der Waals surface area contributed by atoms with Gasteiger partial charge < -0.3 is 20.1 Å². The monoisotopic (exact) mass is 494 g/mol. The number of carbonyl (C=O) groups excluding carboxylic acids is 3. The van der Waals surface area contributed by atoms with E-state index < -0.39 is 11.8 Å². The third-order valence-electron chi connectivity index (χ3n) is 4.58. The van der Waals surface area contributed by atoms with Gasteiger partial charge in [0, 0.05) is 10.7 Å². The van der Waals surface area contributed by atoms with Crippen molar-refractivity contribution in [3.63, 3.8) is 0 Å². The molecule has 0 aromatic heterocycles. The number of anilines is 2. The largest absolute Gasteiger partial charge is 0.495 e. The van der Waals surface area contributed by atoms with E-state index in [1.165, 1.54) is 19.4 Å². The molecule has 9 nitrogen and oxygen atoms in total. The molecule has 0 saturated heterocycles. The van der Waals surface area contributed by atoms with Crippen LogP contribution in [0.1, 0.15) is 11.1 Å². The number of nitrogens with one attached hydrogen (secondary N) is 3. The molecule has 0 saturated carbocycles. The standard InChI is InChI=1S/C25H23ClN4O5/c1-16-3-8-19(9-4-16)28-23(31)15-35-20-10-5-17(6-11-20)14-27-30-25(33)24(32)29-21-13-18(26)7-12-22(21)34-2/h3-14H,15H2,1-2H3,(H,28,31)(H,29,32)(H,30,33)/b27-14-. The zero-order chi connectivity index (χ0) is 25.2. The van der Waals surface area contributed by atoms with Gasteiger partial charge in [0.1, 0.15) is 11.5 Å². The molecule has 0 spiro atoms. The highest BCUT2D eigenvalue weighted by Gasteiger charge is 2.15. The summed E-state index contributed by atoms with van der Waals surface area (Å²) < 4.78 is 10.6. The van der Waals surface area contributed by atoms with Crippen LogP contribution >= 0.6 is 11.6 Å². The summed E-state index contributed by atoms with van der Waals surface area (Å²) >= 11 is 5.91. The van der Waals surface area contributed by atoms with E-state index >= 15 is 0 Å². The van der Waals surface area contributed by atoms with Gasteiger partial charge in [0.15, 0.2) is 6.61 Å². The van der Waals surface area contributed by atoms with Crippen molar-refractivity contribution in [2.24, 2.45) is 5.10 Å². The van der Waals surface area contributed by atoms with E-state index in [2.05, 4.69) is 21.2 Å². The SMILES string of the molecule is COc1ccc(Cl)cc1NC(=O)C(=O)N/N=C\c1ccc(OCC(=O)Nc2ccc(C)cc2)cc1. The highest BCUT2D eigenvalue weighted by atomic mass is 35.5. The molecule has 0 radical (unpaired) electrons. The highest BCUT2D eigenvalue weighted by Crippen LogP contribution is 2.27. The van der Waals surface area contributed by atoms with Crippen molar-refractivity contribution in [2.45, 2.75) is 6.92 Å². The summed E-state index contributed by atoms with van der Waals surface area (Å²) in [6.45, 7) is 1.82. The van der Waals surface area contributed by atoms with Crippen molar-refractivity contribution >= 4 is 46.9 Å². The summed E-state index contributed by atoms with van der Waals surface area (Å²) in [5.74, 6) is -1.34. The van der Waals surface area contributed by atoms with E-state index in [4.69, 9.17) is 21.1 Å². The predicted octanol–water partition coefficient (Wildman–Crippen LogP) is 3.76. The zero-order valence-corrected chi connectivity index (χ0v) is 19.8. The van der Waals surface area contributed by atoms with E-state index in [0.29, 0.717) is 27.8 Å². The Kier molecular flexibility index (Phi) is 8.80. The summed E-state index contributed by atoms with van der Waals surface area (Å²) in [5.41, 5.74) is 4.83. The van der Waals surface area contributed by atoms with Gasteiger partial charge in [-0.3, -0.25) is 14.4 Å². The third-order valence-corrected chi connectivity index (χ3v) is 4.82. The van der Waals surface area contributed by atoms with Crippen molar-refractivity contribution in [3.8, 4) is 11.5 Å². The van der Waals surface area contributed by atoms with Crippen LogP contribution in [0.3, 0.4) is 0 Å². The van der Waals surface area contributed by atoms with Crippen LogP contribution in [0, 0.1) is 6.92 Å². The number of carbonyl (C=O) groups is 3. The van der Waals surface area contributed by atoms with Gasteiger partial charge in [0.2, 0.25) is 0 Å². The molecular formula is C25H23ClN4O5. The van der Waals surface area contributed by atoms with Crippen molar-refractivity contribution in [3.05, 3.63) is 82.9 Å². The fourth-order valence-corrected chi connectivity index (χ4v) is 2.98. The number of amides is 3. The Balaban J connectivity index is 1.45. The van der Waals surface area contributed by atoms with Crippen LogP contribution in [0.25, 0.3) is 0 Å². The maximum Gasteiger partial charge on any atom is 0.329 e. The van der Waals surface area contributed by atoms with Crippen LogP contribution in [0.5, 0.6) is 11.5 Å². The number of hydrazone groups is 1. The van der Waals surface area contributed by atoms with Crippen molar-refractivity contribution in [1.29, 1.82) is 0 Å². The molecule has 0 atom stereocenters. The molecule has 3 rings (SSSR count). The predicted molar refractivity (Wildman–Crippen MR) is 134 cm³/mol. The van der Waals surface area contributed by atoms with Gasteiger partial charge in [-0.25, -0.2) is 5.43 Å². The first kappa shape index (κ1) is 25.3. The lowest BCUT2D eigenvalue weighted by atomic mass is 10.2. The Labute approximate surface area is 207 Å². The number of nitrogens with zero attached hydrogens (tertiary/aromatic N) is 1. The second-order valence-electron chi connectivity index (χ2n) is 7.27. The topological polar surface area (TPSA) is 118 Å². The van der Waals surface area contributed by atoms with Gasteiger partial charge in [0.05, 0.1) is 19.0 Å². The Morgan fingerprint density at radius 1 is 0.943 bits per heavy atom. The number of benzene rings is 3. The number of rotatable bonds is 8. The molecule has 180 valence electrons. The van der Waals surface area contributed by atoms with Gasteiger partial charge in [-0.2, -0.15) is 5.10 Å². The molecule has 0 bridgehead atoms. The molecule has 35 heavy (non-hydrogen) atoms. The molecule has 10 heteroatoms. The first-order chi connectivity index (χ1) is 16.8. The number of aryl methyl sites for hydroxylation is 1. The number of ether oxygens (including phenoxy) is 2. The molecule has 3 amide bonds. The van der Waals surface area contributed by atoms with Gasteiger partial charge in [-0.15, -0.1) is 0 Å². The molecular weight excluding hydrogens is 472 g/mol. The van der Waals surface area contributed by atoms with Crippen molar-refractivity contribution in [2.75, 3.05) is 24.4 Å². The maximum atomic E-state index is 12.1. The molecule has 3 aromatic rings. The normalized spacial score (nSPS) is 10.5. The first-order valence-electron chi connectivity index (χ1n) is 10.4. The van der Waals surface area contributed by atoms with E-state index in [1.54, 1.807) is 36.4 Å². The molecule has 0 unspecified atom stereocenters. The van der Waals surface area contributed by atoms with Gasteiger partial charge in [-0.1, -0.05) is 29.3 Å². The van der Waals surface area contributed by atoms with Crippen molar-refractivity contribution in [1.82, 2.24) is 5.43 Å². The maximum absolute atomic E-state index is 12.1. The zero-order valence-electron chi connectivity index (χ0n) is 19.0. The minimum atomic E-state index is -0.970. The average molecular weight is 495 g/mol. The van der Waals surface area contributed by atoms with E-state index in [0.717, 1.165) is 5.56 Å². The van der Waals surface area contributed by atoms with Crippen LogP contribution in [-0.4, -0.2) is 37.7 Å². The number of hydrogen-bond donors (Lipinski definition) is 3. The minimum Gasteiger partial charge on any atom is -0.495 e. The number of hydrogen-bond acceptors (Lipinski definition) is 6. The van der Waals surface area contributed by atoms with Crippen LogP contribution in [0.2, 0.25) is 5.02 Å². The summed E-state index contributed by atoms with van der Waals surface area (Å²) in [5, 5.41) is 9.31. The molecule has 3 N–H and O–H groups in total. The fourth-order valence-electron chi connectivity index (χ4n) is 2.81. The lowest BCUT2D eigenvalue weighted by Gasteiger charge is -2.09. The summed E-state index contributed by atoms with van der Waals surface area (Å²) in [4.78, 5) is 36.1. The van der Waals surface area contributed by atoms with E-state index in [9.17, 15) is 14.4 Å². The Morgan fingerprint density at radius 2 is 1.66 bits per heavy atom. The van der Waals surface area contributed by atoms with E-state index in [-0.39, 0.29) is 18.2 Å². The van der Waals surface area contributed by atoms with Crippen molar-refractivity contribution < 1.29 is 23.9 Å². The molecule has 0 aliphatic rings. The lowest BCUT2D eigenvalue weighted by molar-refractivity contribution is -0.136. The summed E-state index contributed by atoms with van der Waals surface area (Å²) in [6, 6.07) is 18.7. The lowest BCUT2D eigenvalue weighted by Crippen LogP contribution is -2.32. The fraction of sp³-hybridized carbons (Fsp3) is 0.120. The molecule has 0 fully saturated rings. The first-order valence-corrected chi connectivity index (χ1v) is 10.8. The molecule has 0 aliphatic carbocycles. The third kappa shape index (κ3) is 7.86. The quantitative estimate of drug-likeness (QED) is 0.250. The molecule has 3 aromatic carbocycles. The second-order valence-corrected chi connectivity index (χ2v) is 7.71. The minimum absolute atomic E-state index is 0.149. The summed E-state index contributed by atoms with van der Waals surface area (Å²) in [6.07, 6.45) is 1.36. The van der Waals surface area contributed by atoms with Crippen LogP contribution in [0.15, 0.2) is 71.8 Å². The van der Waals surface area contributed by atoms with Crippen LogP contribution < -0.4 is 25.5 Å². The van der Waals surface area contributed by atoms with Gasteiger partial charge in [-0.05, 0) is 67.1 Å². The molecule has 0 heterocycles. The van der Waals surface area contributed by atoms with Gasteiger partial charge >= 0.3 is 11.8 Å². The Bertz CT molecular complexity index is 1230. The number of halogens is 1. The highest BCUT2D eigenvalue weighted by molar-refractivity contribution is 6.40. The smallest absolute Gasteiger partial charge is 0.329 e. The molecule has 0 aliphatic heterocycles. The average Bonchev–Trinajstić information content (AvgIpc) is 2.85. The van der Waals surface area contributed by atoms with Crippen LogP contribution in [0.4, 0.5) is 11.4 Å². The Hall–Kier alpha value is -4.37. The summed E-state index contributed by atoms with van der Waals surface area (Å²) in [7, 11) is 1.43. The van der Waals surface area contributed by atoms with E-state index in [1.807, 2.05) is 31.2 Å².